The summed E-state index contributed by atoms with van der Waals surface area (Å²) in [6, 6.07) is 17.7. The third-order valence-electron chi connectivity index (χ3n) is 4.10. The first-order valence-electron chi connectivity index (χ1n) is 8.35. The van der Waals surface area contributed by atoms with E-state index in [9.17, 15) is 9.18 Å². The largest absolute Gasteiger partial charge is 0.489 e. The standard InChI is InChI=1S/C21H19BrFNO2/c22-14-17-3-1-16(2-4-17)9-11-24-12-10-20(13-21(24)25)26-15-18-5-7-19(23)8-6-18/h1-8,10,12-13H,9,11,14-15H2. The molecule has 2 aromatic carbocycles. The monoisotopic (exact) mass is 415 g/mol. The van der Waals surface area contributed by atoms with Crippen molar-refractivity contribution in [3.05, 3.63) is 99.7 Å². The summed E-state index contributed by atoms with van der Waals surface area (Å²) >= 11 is 3.43. The van der Waals surface area contributed by atoms with Gasteiger partial charge in [-0.2, -0.15) is 0 Å². The Kier molecular flexibility index (Phi) is 6.23. The summed E-state index contributed by atoms with van der Waals surface area (Å²) in [6.45, 7) is 0.911. The molecule has 1 heterocycles. The van der Waals surface area contributed by atoms with Gasteiger partial charge in [-0.05, 0) is 41.3 Å². The van der Waals surface area contributed by atoms with Crippen LogP contribution in [-0.4, -0.2) is 4.57 Å². The van der Waals surface area contributed by atoms with Crippen LogP contribution in [0.1, 0.15) is 16.7 Å². The lowest BCUT2D eigenvalue weighted by molar-refractivity contribution is 0.304. The highest BCUT2D eigenvalue weighted by atomic mass is 79.9. The van der Waals surface area contributed by atoms with Crippen molar-refractivity contribution in [1.29, 1.82) is 0 Å². The number of hydrogen-bond donors (Lipinski definition) is 0. The number of pyridine rings is 1. The molecule has 3 nitrogen and oxygen atoms in total. The molecule has 0 N–H and O–H groups in total. The highest BCUT2D eigenvalue weighted by molar-refractivity contribution is 9.08. The van der Waals surface area contributed by atoms with Gasteiger partial charge in [0.25, 0.3) is 5.56 Å². The van der Waals surface area contributed by atoms with Gasteiger partial charge in [-0.25, -0.2) is 4.39 Å². The number of hydrogen-bond acceptors (Lipinski definition) is 2. The molecule has 3 aromatic rings. The average molecular weight is 416 g/mol. The van der Waals surface area contributed by atoms with E-state index in [1.54, 1.807) is 29.0 Å². The first-order chi connectivity index (χ1) is 12.6. The van der Waals surface area contributed by atoms with Crippen LogP contribution in [0, 0.1) is 5.82 Å². The number of halogens is 2. The zero-order valence-corrected chi connectivity index (χ0v) is 15.8. The third kappa shape index (κ3) is 5.05. The molecular formula is C21H19BrFNO2. The van der Waals surface area contributed by atoms with Gasteiger partial charge in [-0.1, -0.05) is 52.3 Å². The van der Waals surface area contributed by atoms with E-state index in [0.717, 1.165) is 17.3 Å². The molecule has 0 atom stereocenters. The summed E-state index contributed by atoms with van der Waals surface area (Å²) in [5.41, 5.74) is 3.17. The van der Waals surface area contributed by atoms with E-state index in [2.05, 4.69) is 40.2 Å². The summed E-state index contributed by atoms with van der Waals surface area (Å²) in [5, 5.41) is 0.839. The Bertz CT molecular complexity index is 905. The molecule has 5 heteroatoms. The number of benzene rings is 2. The second-order valence-corrected chi connectivity index (χ2v) is 6.57. The number of rotatable bonds is 7. The van der Waals surface area contributed by atoms with Crippen molar-refractivity contribution in [1.82, 2.24) is 4.57 Å². The highest BCUT2D eigenvalue weighted by Crippen LogP contribution is 2.12. The lowest BCUT2D eigenvalue weighted by Crippen LogP contribution is -2.19. The molecule has 0 fully saturated rings. The number of alkyl halides is 1. The molecule has 0 saturated heterocycles. The Morgan fingerprint density at radius 3 is 2.23 bits per heavy atom. The molecule has 1 aromatic heterocycles. The van der Waals surface area contributed by atoms with Crippen LogP contribution in [-0.2, 0) is 24.9 Å². The molecule has 26 heavy (non-hydrogen) atoms. The smallest absolute Gasteiger partial charge is 0.254 e. The molecule has 0 saturated carbocycles. The molecule has 0 unspecified atom stereocenters. The molecule has 0 amide bonds. The summed E-state index contributed by atoms with van der Waals surface area (Å²) in [7, 11) is 0. The predicted octanol–water partition coefficient (Wildman–Crippen LogP) is 4.70. The first-order valence-corrected chi connectivity index (χ1v) is 9.48. The minimum atomic E-state index is -0.279. The number of nitrogens with zero attached hydrogens (tertiary/aromatic N) is 1. The maximum Gasteiger partial charge on any atom is 0.254 e. The average Bonchev–Trinajstić information content (AvgIpc) is 2.67. The van der Waals surface area contributed by atoms with Crippen molar-refractivity contribution < 1.29 is 9.13 Å². The van der Waals surface area contributed by atoms with Crippen LogP contribution in [0.25, 0.3) is 0 Å². The Labute approximate surface area is 160 Å². The molecular weight excluding hydrogens is 397 g/mol. The maximum absolute atomic E-state index is 12.9. The van der Waals surface area contributed by atoms with Gasteiger partial charge in [-0.3, -0.25) is 4.79 Å². The van der Waals surface area contributed by atoms with Crippen molar-refractivity contribution in [2.45, 2.75) is 24.9 Å². The van der Waals surface area contributed by atoms with Crippen molar-refractivity contribution in [3.8, 4) is 5.75 Å². The van der Waals surface area contributed by atoms with Gasteiger partial charge in [0.05, 0.1) is 0 Å². The lowest BCUT2D eigenvalue weighted by atomic mass is 10.1. The summed E-state index contributed by atoms with van der Waals surface area (Å²) in [6.07, 6.45) is 2.54. The second-order valence-electron chi connectivity index (χ2n) is 6.01. The van der Waals surface area contributed by atoms with E-state index in [4.69, 9.17) is 4.74 Å². The number of aryl methyl sites for hydroxylation is 2. The highest BCUT2D eigenvalue weighted by Gasteiger charge is 2.02. The Hall–Kier alpha value is -2.40. The quantitative estimate of drug-likeness (QED) is 0.523. The van der Waals surface area contributed by atoms with E-state index in [0.29, 0.717) is 18.9 Å². The molecule has 0 radical (unpaired) electrons. The van der Waals surface area contributed by atoms with E-state index in [1.165, 1.54) is 29.3 Å². The van der Waals surface area contributed by atoms with Crippen molar-refractivity contribution >= 4 is 15.9 Å². The lowest BCUT2D eigenvalue weighted by Gasteiger charge is -2.09. The zero-order valence-electron chi connectivity index (χ0n) is 14.2. The maximum atomic E-state index is 12.9. The van der Waals surface area contributed by atoms with E-state index in [-0.39, 0.29) is 11.4 Å². The minimum absolute atomic E-state index is 0.0984. The molecule has 0 bridgehead atoms. The third-order valence-corrected chi connectivity index (χ3v) is 4.75. The van der Waals surface area contributed by atoms with Crippen LogP contribution in [0.5, 0.6) is 5.75 Å². The molecule has 3 rings (SSSR count). The van der Waals surface area contributed by atoms with Crippen LogP contribution in [0.2, 0.25) is 0 Å². The van der Waals surface area contributed by atoms with Crippen LogP contribution in [0.3, 0.4) is 0 Å². The van der Waals surface area contributed by atoms with Gasteiger partial charge >= 0.3 is 0 Å². The molecule has 0 aliphatic heterocycles. The fourth-order valence-electron chi connectivity index (χ4n) is 2.56. The second kappa shape index (κ2) is 8.81. The van der Waals surface area contributed by atoms with Crippen LogP contribution >= 0.6 is 15.9 Å². The van der Waals surface area contributed by atoms with E-state index >= 15 is 0 Å². The van der Waals surface area contributed by atoms with Crippen molar-refractivity contribution in [2.24, 2.45) is 0 Å². The van der Waals surface area contributed by atoms with Gasteiger partial charge in [0.1, 0.15) is 18.2 Å². The summed E-state index contributed by atoms with van der Waals surface area (Å²) < 4.78 is 20.2. The normalized spacial score (nSPS) is 10.7. The molecule has 0 aliphatic rings. The van der Waals surface area contributed by atoms with Gasteiger partial charge in [-0.15, -0.1) is 0 Å². The van der Waals surface area contributed by atoms with Crippen LogP contribution in [0.4, 0.5) is 4.39 Å². The van der Waals surface area contributed by atoms with E-state index in [1.807, 2.05) is 0 Å². The Balaban J connectivity index is 1.58. The van der Waals surface area contributed by atoms with Gasteiger partial charge in [0.15, 0.2) is 0 Å². The molecule has 134 valence electrons. The van der Waals surface area contributed by atoms with Gasteiger partial charge in [0, 0.05) is 24.1 Å². The van der Waals surface area contributed by atoms with Gasteiger partial charge < -0.3 is 9.30 Å². The number of ether oxygens (including phenoxy) is 1. The minimum Gasteiger partial charge on any atom is -0.489 e. The van der Waals surface area contributed by atoms with Crippen LogP contribution in [0.15, 0.2) is 71.7 Å². The Morgan fingerprint density at radius 1 is 0.923 bits per heavy atom. The van der Waals surface area contributed by atoms with Crippen molar-refractivity contribution in [3.63, 3.8) is 0 Å². The topological polar surface area (TPSA) is 31.2 Å². The van der Waals surface area contributed by atoms with Crippen LogP contribution < -0.4 is 10.3 Å². The SMILES string of the molecule is O=c1cc(OCc2ccc(F)cc2)ccn1CCc1ccc(CBr)cc1. The predicted molar refractivity (Wildman–Crippen MR) is 104 cm³/mol. The van der Waals surface area contributed by atoms with Crippen molar-refractivity contribution in [2.75, 3.05) is 0 Å². The summed E-state index contributed by atoms with van der Waals surface area (Å²) in [5.74, 6) is 0.232. The fraction of sp³-hybridized carbons (Fsp3) is 0.190. The Morgan fingerprint density at radius 2 is 1.58 bits per heavy atom. The van der Waals surface area contributed by atoms with Gasteiger partial charge in [0.2, 0.25) is 0 Å². The molecule has 0 spiro atoms. The zero-order chi connectivity index (χ0) is 18.4. The fourth-order valence-corrected chi connectivity index (χ4v) is 2.93. The van der Waals surface area contributed by atoms with E-state index < -0.39 is 0 Å². The summed E-state index contributed by atoms with van der Waals surface area (Å²) in [4.78, 5) is 12.2. The molecule has 0 aliphatic carbocycles. The number of aromatic nitrogens is 1. The first kappa shape index (κ1) is 18.4.